The van der Waals surface area contributed by atoms with Gasteiger partial charge in [0.05, 0.1) is 12.7 Å². The Morgan fingerprint density at radius 1 is 1.50 bits per heavy atom. The fourth-order valence-corrected chi connectivity index (χ4v) is 2.82. The highest BCUT2D eigenvalue weighted by molar-refractivity contribution is 14.1. The molecular formula is C9H16INO. The van der Waals surface area contributed by atoms with E-state index in [1.165, 1.54) is 32.2 Å². The molecule has 0 aromatic rings. The molecule has 2 nitrogen and oxygen atoms in total. The zero-order valence-electron chi connectivity index (χ0n) is 7.31. The predicted molar refractivity (Wildman–Crippen MR) is 57.8 cm³/mol. The van der Waals surface area contributed by atoms with E-state index in [9.17, 15) is 0 Å². The first-order valence-electron chi connectivity index (χ1n) is 4.77. The quantitative estimate of drug-likeness (QED) is 0.584. The van der Waals surface area contributed by atoms with Crippen LogP contribution < -0.4 is 5.32 Å². The van der Waals surface area contributed by atoms with Gasteiger partial charge in [-0.25, -0.2) is 0 Å². The summed E-state index contributed by atoms with van der Waals surface area (Å²) in [5, 5.41) is 3.63. The van der Waals surface area contributed by atoms with Crippen LogP contribution in [0.25, 0.3) is 0 Å². The summed E-state index contributed by atoms with van der Waals surface area (Å²) >= 11 is 2.42. The van der Waals surface area contributed by atoms with Gasteiger partial charge in [0.1, 0.15) is 0 Å². The van der Waals surface area contributed by atoms with Crippen molar-refractivity contribution >= 4 is 22.6 Å². The summed E-state index contributed by atoms with van der Waals surface area (Å²) in [6, 6.07) is 0. The lowest BCUT2D eigenvalue weighted by atomic mass is 9.87. The molecule has 12 heavy (non-hydrogen) atoms. The summed E-state index contributed by atoms with van der Waals surface area (Å²) in [7, 11) is 0. The fourth-order valence-electron chi connectivity index (χ4n) is 2.26. The number of alkyl halides is 1. The molecule has 3 heteroatoms. The minimum absolute atomic E-state index is 0.369. The summed E-state index contributed by atoms with van der Waals surface area (Å²) in [6.07, 6.45) is 5.79. The molecule has 2 aliphatic heterocycles. The largest absolute Gasteiger partial charge is 0.375 e. The Balaban J connectivity index is 1.94. The molecule has 70 valence electrons. The molecule has 2 fully saturated rings. The molecule has 0 aliphatic carbocycles. The maximum absolute atomic E-state index is 5.73. The molecule has 2 aliphatic rings. The molecular weight excluding hydrogens is 265 g/mol. The van der Waals surface area contributed by atoms with Crippen LogP contribution in [0.1, 0.15) is 25.7 Å². The minimum Gasteiger partial charge on any atom is -0.375 e. The van der Waals surface area contributed by atoms with Gasteiger partial charge in [-0.1, -0.05) is 29.0 Å². The third kappa shape index (κ3) is 1.77. The highest BCUT2D eigenvalue weighted by atomic mass is 127. The van der Waals surface area contributed by atoms with Crippen molar-refractivity contribution in [1.82, 2.24) is 5.32 Å². The van der Waals surface area contributed by atoms with Gasteiger partial charge in [0, 0.05) is 9.97 Å². The standard InChI is InChI=1S/C9H16INO/c10-6-8-5-9(7-12-8)3-1-2-4-11-9/h8,11H,1-7H2. The Hall–Kier alpha value is 0.650. The van der Waals surface area contributed by atoms with E-state index >= 15 is 0 Å². The van der Waals surface area contributed by atoms with Crippen LogP contribution in [0.4, 0.5) is 0 Å². The van der Waals surface area contributed by atoms with Crippen LogP contribution in [0.5, 0.6) is 0 Å². The minimum atomic E-state index is 0.369. The average molecular weight is 281 g/mol. The van der Waals surface area contributed by atoms with Crippen LogP contribution >= 0.6 is 22.6 Å². The van der Waals surface area contributed by atoms with Gasteiger partial charge in [0.2, 0.25) is 0 Å². The Labute approximate surface area is 87.6 Å². The first-order chi connectivity index (χ1) is 5.85. The van der Waals surface area contributed by atoms with E-state index in [-0.39, 0.29) is 0 Å². The van der Waals surface area contributed by atoms with Crippen LogP contribution in [0.15, 0.2) is 0 Å². The van der Waals surface area contributed by atoms with Gasteiger partial charge >= 0.3 is 0 Å². The topological polar surface area (TPSA) is 21.3 Å². The number of halogens is 1. The molecule has 0 aromatic heterocycles. The van der Waals surface area contributed by atoms with Crippen LogP contribution in [0, 0.1) is 0 Å². The second-order valence-electron chi connectivity index (χ2n) is 3.96. The number of hydrogen-bond donors (Lipinski definition) is 1. The monoisotopic (exact) mass is 281 g/mol. The maximum Gasteiger partial charge on any atom is 0.0683 e. The number of nitrogens with one attached hydrogen (secondary N) is 1. The highest BCUT2D eigenvalue weighted by Crippen LogP contribution is 2.32. The summed E-state index contributed by atoms with van der Waals surface area (Å²) < 4.78 is 6.87. The van der Waals surface area contributed by atoms with Gasteiger partial charge in [-0.15, -0.1) is 0 Å². The van der Waals surface area contributed by atoms with E-state index in [1.807, 2.05) is 0 Å². The molecule has 0 amide bonds. The van der Waals surface area contributed by atoms with Gasteiger partial charge in [0.25, 0.3) is 0 Å². The Morgan fingerprint density at radius 2 is 2.42 bits per heavy atom. The second-order valence-corrected chi connectivity index (χ2v) is 4.84. The van der Waals surface area contributed by atoms with Gasteiger partial charge in [-0.2, -0.15) is 0 Å². The van der Waals surface area contributed by atoms with Crippen molar-refractivity contribution in [2.75, 3.05) is 17.6 Å². The summed E-state index contributed by atoms with van der Waals surface area (Å²) in [5.74, 6) is 0. The Morgan fingerprint density at radius 3 is 3.00 bits per heavy atom. The number of hydrogen-bond acceptors (Lipinski definition) is 2. The van der Waals surface area contributed by atoms with Crippen molar-refractivity contribution in [2.45, 2.75) is 37.3 Å². The van der Waals surface area contributed by atoms with Crippen LogP contribution in [-0.4, -0.2) is 29.2 Å². The predicted octanol–water partition coefficient (Wildman–Crippen LogP) is 1.72. The van der Waals surface area contributed by atoms with Crippen LogP contribution in [0.2, 0.25) is 0 Å². The zero-order valence-corrected chi connectivity index (χ0v) is 9.47. The summed E-state index contributed by atoms with van der Waals surface area (Å²) in [6.45, 7) is 2.14. The maximum atomic E-state index is 5.73. The van der Waals surface area contributed by atoms with Crippen molar-refractivity contribution in [3.05, 3.63) is 0 Å². The molecule has 2 saturated heterocycles. The average Bonchev–Trinajstić information content (AvgIpc) is 2.50. The van der Waals surface area contributed by atoms with E-state index in [4.69, 9.17) is 4.74 Å². The molecule has 0 radical (unpaired) electrons. The first-order valence-corrected chi connectivity index (χ1v) is 6.30. The third-order valence-corrected chi connectivity index (χ3v) is 3.95. The Bertz CT molecular complexity index is 157. The van der Waals surface area contributed by atoms with Gasteiger partial charge in [-0.05, 0) is 25.8 Å². The van der Waals surface area contributed by atoms with E-state index < -0.39 is 0 Å². The van der Waals surface area contributed by atoms with Crippen molar-refractivity contribution in [1.29, 1.82) is 0 Å². The summed E-state index contributed by atoms with van der Waals surface area (Å²) in [5.41, 5.74) is 0.369. The lowest BCUT2D eigenvalue weighted by Crippen LogP contribution is -2.49. The molecule has 1 spiro atoms. The summed E-state index contributed by atoms with van der Waals surface area (Å²) in [4.78, 5) is 0. The molecule has 0 bridgehead atoms. The Kier molecular flexibility index (Phi) is 2.92. The molecule has 0 saturated carbocycles. The fraction of sp³-hybridized carbons (Fsp3) is 1.00. The van der Waals surface area contributed by atoms with E-state index in [0.29, 0.717) is 11.6 Å². The molecule has 0 aromatic carbocycles. The highest BCUT2D eigenvalue weighted by Gasteiger charge is 2.39. The first kappa shape index (κ1) is 9.21. The van der Waals surface area contributed by atoms with E-state index in [0.717, 1.165) is 11.0 Å². The van der Waals surface area contributed by atoms with E-state index in [2.05, 4.69) is 27.9 Å². The number of piperidine rings is 1. The molecule has 2 heterocycles. The van der Waals surface area contributed by atoms with Crippen molar-refractivity contribution in [2.24, 2.45) is 0 Å². The van der Waals surface area contributed by atoms with Gasteiger partial charge in [-0.3, -0.25) is 0 Å². The number of rotatable bonds is 1. The van der Waals surface area contributed by atoms with Gasteiger partial charge < -0.3 is 10.1 Å². The third-order valence-electron chi connectivity index (χ3n) is 2.97. The van der Waals surface area contributed by atoms with Crippen molar-refractivity contribution in [3.8, 4) is 0 Å². The molecule has 2 atom stereocenters. The lowest BCUT2D eigenvalue weighted by molar-refractivity contribution is 0.111. The van der Waals surface area contributed by atoms with Crippen molar-refractivity contribution in [3.63, 3.8) is 0 Å². The second kappa shape index (κ2) is 3.80. The van der Waals surface area contributed by atoms with Gasteiger partial charge in [0.15, 0.2) is 0 Å². The molecule has 1 N–H and O–H groups in total. The smallest absolute Gasteiger partial charge is 0.0683 e. The molecule has 2 rings (SSSR count). The van der Waals surface area contributed by atoms with E-state index in [1.54, 1.807) is 0 Å². The molecule has 2 unspecified atom stereocenters. The zero-order chi connectivity index (χ0) is 8.44. The number of ether oxygens (including phenoxy) is 1. The van der Waals surface area contributed by atoms with Crippen molar-refractivity contribution < 1.29 is 4.74 Å². The SMILES string of the molecule is ICC1CC2(CCCCN2)CO1. The van der Waals surface area contributed by atoms with Crippen LogP contribution in [-0.2, 0) is 4.74 Å². The van der Waals surface area contributed by atoms with Crippen LogP contribution in [0.3, 0.4) is 0 Å². The lowest BCUT2D eigenvalue weighted by Gasteiger charge is -2.33. The normalized spacial score (nSPS) is 42.2.